The van der Waals surface area contributed by atoms with Crippen molar-refractivity contribution in [3.63, 3.8) is 0 Å². The quantitative estimate of drug-likeness (QED) is 0.525. The van der Waals surface area contributed by atoms with E-state index in [0.717, 1.165) is 0 Å². The summed E-state index contributed by atoms with van der Waals surface area (Å²) in [7, 11) is 2.06. The summed E-state index contributed by atoms with van der Waals surface area (Å²) < 4.78 is 0. The molecule has 0 radical (unpaired) electrons. The second-order valence-corrected chi connectivity index (χ2v) is 5.29. The average Bonchev–Trinajstić information content (AvgIpc) is 2.08. The summed E-state index contributed by atoms with van der Waals surface area (Å²) in [5, 5.41) is 0. The lowest BCUT2D eigenvalue weighted by Crippen LogP contribution is -2.15. The van der Waals surface area contributed by atoms with Gasteiger partial charge in [-0.25, -0.2) is 0 Å². The highest BCUT2D eigenvalue weighted by atomic mass is 32.1. The zero-order chi connectivity index (χ0) is 8.65. The summed E-state index contributed by atoms with van der Waals surface area (Å²) in [6, 6.07) is 0. The van der Waals surface area contributed by atoms with Crippen LogP contribution in [0.4, 0.5) is 0 Å². The van der Waals surface area contributed by atoms with Crippen LogP contribution in [0.15, 0.2) is 0 Å². The van der Waals surface area contributed by atoms with Crippen LogP contribution in [-0.4, -0.2) is 12.8 Å². The minimum absolute atomic E-state index is 0.203. The molecule has 1 rings (SSSR count). The van der Waals surface area contributed by atoms with Gasteiger partial charge in [-0.15, -0.1) is 11.3 Å². The van der Waals surface area contributed by atoms with E-state index in [4.69, 9.17) is 0 Å². The molecule has 0 atom stereocenters. The van der Waals surface area contributed by atoms with Crippen molar-refractivity contribution >= 4 is 24.1 Å². The Morgan fingerprint density at radius 3 is 2.09 bits per heavy atom. The highest BCUT2D eigenvalue weighted by Crippen LogP contribution is 2.24. The van der Waals surface area contributed by atoms with Gasteiger partial charge >= 0.3 is 0 Å². The van der Waals surface area contributed by atoms with Crippen molar-refractivity contribution < 1.29 is 0 Å². The molecule has 11 heavy (non-hydrogen) atoms. The van der Waals surface area contributed by atoms with E-state index < -0.39 is 0 Å². The number of aromatic nitrogens is 1. The zero-order valence-electron chi connectivity index (χ0n) is 7.86. The molecule has 1 nitrogen and oxygen atoms in total. The molecule has 0 aliphatic rings. The van der Waals surface area contributed by atoms with Crippen molar-refractivity contribution in [1.29, 1.82) is 0 Å². The van der Waals surface area contributed by atoms with Crippen molar-refractivity contribution in [2.24, 2.45) is 0 Å². The van der Waals surface area contributed by atoms with E-state index in [9.17, 15) is 0 Å². The molecule has 1 aromatic rings. The number of rotatable bonds is 0. The molecule has 1 aromatic heterocycles. The van der Waals surface area contributed by atoms with E-state index in [-0.39, 0.29) is 5.41 Å². The first-order chi connectivity index (χ1) is 4.91. The molecule has 60 valence electrons. The van der Waals surface area contributed by atoms with E-state index in [0.29, 0.717) is 0 Å². The molecular formula is C8H14BNS. The summed E-state index contributed by atoms with van der Waals surface area (Å²) in [4.78, 5) is 7.03. The van der Waals surface area contributed by atoms with Gasteiger partial charge in [0.15, 0.2) is 7.85 Å². The minimum atomic E-state index is 0.203. The summed E-state index contributed by atoms with van der Waals surface area (Å²) in [5.74, 6) is 0. The van der Waals surface area contributed by atoms with Gasteiger partial charge in [-0.05, 0) is 6.92 Å². The van der Waals surface area contributed by atoms with Gasteiger partial charge in [0.1, 0.15) is 0 Å². The molecule has 0 fully saturated rings. The Kier molecular flexibility index (Phi) is 2.10. The smallest absolute Gasteiger partial charge is 0.177 e. The van der Waals surface area contributed by atoms with Crippen LogP contribution in [0.3, 0.4) is 0 Å². The molecule has 0 saturated carbocycles. The molecule has 0 aliphatic carbocycles. The Balaban J connectivity index is 3.13. The number of nitrogens with zero attached hydrogens (tertiary/aromatic N) is 1. The van der Waals surface area contributed by atoms with Gasteiger partial charge in [0, 0.05) is 15.2 Å². The largest absolute Gasteiger partial charge is 0.257 e. The van der Waals surface area contributed by atoms with E-state index in [1.807, 2.05) is 0 Å². The predicted octanol–water partition coefficient (Wildman–Crippen LogP) is 1.01. The molecule has 0 N–H and O–H groups in total. The van der Waals surface area contributed by atoms with E-state index in [1.54, 1.807) is 11.3 Å². The Hall–Kier alpha value is -0.305. The van der Waals surface area contributed by atoms with Crippen molar-refractivity contribution in [3.8, 4) is 0 Å². The molecular weight excluding hydrogens is 153 g/mol. The molecule has 0 amide bonds. The summed E-state index contributed by atoms with van der Waals surface area (Å²) >= 11 is 1.78. The van der Waals surface area contributed by atoms with Gasteiger partial charge in [-0.2, -0.15) is 0 Å². The second kappa shape index (κ2) is 2.63. The highest BCUT2D eigenvalue weighted by molar-refractivity contribution is 7.19. The zero-order valence-corrected chi connectivity index (χ0v) is 8.67. The van der Waals surface area contributed by atoms with Crippen molar-refractivity contribution in [2.75, 3.05) is 0 Å². The third kappa shape index (κ3) is 1.83. The molecule has 1 heterocycles. The maximum atomic E-state index is 4.50. The first kappa shape index (κ1) is 8.79. The third-order valence-electron chi connectivity index (χ3n) is 1.61. The van der Waals surface area contributed by atoms with E-state index in [2.05, 4.69) is 40.5 Å². The van der Waals surface area contributed by atoms with Crippen LogP contribution in [0.2, 0.25) is 0 Å². The van der Waals surface area contributed by atoms with Crippen LogP contribution in [0.1, 0.15) is 31.3 Å². The van der Waals surface area contributed by atoms with Crippen LogP contribution < -0.4 is 4.91 Å². The molecule has 0 spiro atoms. The van der Waals surface area contributed by atoms with Crippen molar-refractivity contribution in [1.82, 2.24) is 4.98 Å². The monoisotopic (exact) mass is 167 g/mol. The fraction of sp³-hybridized carbons (Fsp3) is 0.625. The minimum Gasteiger partial charge on any atom is -0.257 e. The highest BCUT2D eigenvalue weighted by Gasteiger charge is 2.19. The fourth-order valence-electron chi connectivity index (χ4n) is 1.22. The number of hydrogen-bond acceptors (Lipinski definition) is 2. The molecule has 0 unspecified atom stereocenters. The van der Waals surface area contributed by atoms with Crippen LogP contribution >= 0.6 is 11.3 Å². The van der Waals surface area contributed by atoms with Crippen LogP contribution in [-0.2, 0) is 5.41 Å². The Morgan fingerprint density at radius 2 is 1.91 bits per heavy atom. The predicted molar refractivity (Wildman–Crippen MR) is 53.7 cm³/mol. The van der Waals surface area contributed by atoms with Gasteiger partial charge in [0.25, 0.3) is 0 Å². The first-order valence-corrected chi connectivity index (χ1v) is 4.67. The van der Waals surface area contributed by atoms with Gasteiger partial charge < -0.3 is 0 Å². The molecule has 0 saturated heterocycles. The second-order valence-electron chi connectivity index (χ2n) is 3.89. The first-order valence-electron chi connectivity index (χ1n) is 3.86. The number of hydrogen-bond donors (Lipinski definition) is 0. The van der Waals surface area contributed by atoms with Crippen molar-refractivity contribution in [2.45, 2.75) is 33.1 Å². The van der Waals surface area contributed by atoms with Crippen LogP contribution in [0, 0.1) is 6.92 Å². The number of aryl methyl sites for hydroxylation is 1. The number of thiazole rings is 1. The maximum Gasteiger partial charge on any atom is 0.177 e. The SMILES string of the molecule is Bc1nc(C(C)(C)C)c(C)s1. The van der Waals surface area contributed by atoms with Crippen LogP contribution in [0.25, 0.3) is 0 Å². The van der Waals surface area contributed by atoms with E-state index in [1.165, 1.54) is 15.5 Å². The lowest BCUT2D eigenvalue weighted by Gasteiger charge is -2.16. The average molecular weight is 167 g/mol. The molecule has 3 heteroatoms. The molecule has 0 bridgehead atoms. The Bertz CT molecular complexity index is 260. The molecule has 0 aromatic carbocycles. The van der Waals surface area contributed by atoms with Crippen LogP contribution in [0.5, 0.6) is 0 Å². The van der Waals surface area contributed by atoms with E-state index >= 15 is 0 Å². The van der Waals surface area contributed by atoms with Crippen molar-refractivity contribution in [3.05, 3.63) is 10.6 Å². The summed E-state index contributed by atoms with van der Waals surface area (Å²) in [5.41, 5.74) is 1.45. The topological polar surface area (TPSA) is 12.9 Å². The Labute approximate surface area is 73.3 Å². The normalized spacial score (nSPS) is 12.0. The lowest BCUT2D eigenvalue weighted by atomic mass is 9.91. The fourth-order valence-corrected chi connectivity index (χ4v) is 2.25. The summed E-state index contributed by atoms with van der Waals surface area (Å²) in [6.07, 6.45) is 0. The standard InChI is InChI=1S/C8H14BNS/c1-5-6(8(2,3)4)10-7(9)11-5/h9H2,1-4H3. The van der Waals surface area contributed by atoms with Gasteiger partial charge in [0.05, 0.1) is 5.69 Å². The Morgan fingerprint density at radius 1 is 1.36 bits per heavy atom. The lowest BCUT2D eigenvalue weighted by molar-refractivity contribution is 0.570. The third-order valence-corrected chi connectivity index (χ3v) is 2.50. The van der Waals surface area contributed by atoms with Gasteiger partial charge in [0.2, 0.25) is 0 Å². The van der Waals surface area contributed by atoms with Gasteiger partial charge in [-0.1, -0.05) is 20.8 Å². The maximum absolute atomic E-state index is 4.50. The van der Waals surface area contributed by atoms with Gasteiger partial charge in [-0.3, -0.25) is 4.98 Å². The summed E-state index contributed by atoms with van der Waals surface area (Å²) in [6.45, 7) is 8.75. The molecule has 0 aliphatic heterocycles.